The Morgan fingerprint density at radius 2 is 2.20 bits per heavy atom. The SMILES string of the molecule is CCNC(=NCc1nncn1CC)NCCCOC.I. The molecule has 0 aromatic carbocycles. The van der Waals surface area contributed by atoms with E-state index in [1.54, 1.807) is 13.4 Å². The van der Waals surface area contributed by atoms with Gasteiger partial charge in [-0.3, -0.25) is 0 Å². The lowest BCUT2D eigenvalue weighted by atomic mass is 10.4. The fourth-order valence-corrected chi connectivity index (χ4v) is 1.58. The van der Waals surface area contributed by atoms with Crippen LogP contribution in [0, 0.1) is 0 Å². The van der Waals surface area contributed by atoms with Crippen molar-refractivity contribution in [2.75, 3.05) is 26.8 Å². The smallest absolute Gasteiger partial charge is 0.191 e. The van der Waals surface area contributed by atoms with Crippen LogP contribution in [0.1, 0.15) is 26.1 Å². The fraction of sp³-hybridized carbons (Fsp3) is 0.750. The second kappa shape index (κ2) is 11.9. The molecule has 0 fully saturated rings. The number of hydrogen-bond acceptors (Lipinski definition) is 4. The number of aliphatic imine (C=N–C) groups is 1. The molecule has 0 unspecified atom stereocenters. The molecular formula is C12H25IN6O. The lowest BCUT2D eigenvalue weighted by Crippen LogP contribution is -2.38. The summed E-state index contributed by atoms with van der Waals surface area (Å²) in [5, 5.41) is 14.4. The van der Waals surface area contributed by atoms with Crippen molar-refractivity contribution in [2.45, 2.75) is 33.4 Å². The van der Waals surface area contributed by atoms with Crippen LogP contribution in [-0.2, 0) is 17.8 Å². The second-order valence-corrected chi connectivity index (χ2v) is 4.00. The van der Waals surface area contributed by atoms with Crippen molar-refractivity contribution < 1.29 is 4.74 Å². The highest BCUT2D eigenvalue weighted by Crippen LogP contribution is 1.96. The third-order valence-corrected chi connectivity index (χ3v) is 2.58. The van der Waals surface area contributed by atoms with Gasteiger partial charge in [-0.2, -0.15) is 0 Å². The third-order valence-electron chi connectivity index (χ3n) is 2.58. The zero-order valence-corrected chi connectivity index (χ0v) is 14.8. The fourth-order valence-electron chi connectivity index (χ4n) is 1.58. The van der Waals surface area contributed by atoms with E-state index in [0.29, 0.717) is 6.54 Å². The maximum absolute atomic E-state index is 5.01. The van der Waals surface area contributed by atoms with Crippen LogP contribution in [-0.4, -0.2) is 47.5 Å². The first kappa shape index (κ1) is 19.1. The number of methoxy groups -OCH3 is 1. The summed E-state index contributed by atoms with van der Waals surface area (Å²) >= 11 is 0. The molecule has 0 saturated carbocycles. The molecule has 1 heterocycles. The van der Waals surface area contributed by atoms with Crippen LogP contribution in [0.2, 0.25) is 0 Å². The van der Waals surface area contributed by atoms with Gasteiger partial charge in [-0.25, -0.2) is 4.99 Å². The molecule has 116 valence electrons. The van der Waals surface area contributed by atoms with Gasteiger partial charge in [0.15, 0.2) is 11.8 Å². The Morgan fingerprint density at radius 3 is 2.85 bits per heavy atom. The number of ether oxygens (including phenoxy) is 1. The molecule has 1 aromatic rings. The van der Waals surface area contributed by atoms with Crippen LogP contribution in [0.5, 0.6) is 0 Å². The Bertz CT molecular complexity index is 382. The van der Waals surface area contributed by atoms with Crippen molar-refractivity contribution in [3.05, 3.63) is 12.2 Å². The topological polar surface area (TPSA) is 76.4 Å². The molecule has 7 nitrogen and oxygen atoms in total. The molecular weight excluding hydrogens is 371 g/mol. The van der Waals surface area contributed by atoms with Gasteiger partial charge in [-0.05, 0) is 20.3 Å². The Labute approximate surface area is 137 Å². The number of guanidine groups is 1. The Kier molecular flexibility index (Phi) is 11.4. The van der Waals surface area contributed by atoms with Crippen molar-refractivity contribution in [1.82, 2.24) is 25.4 Å². The average molecular weight is 396 g/mol. The van der Waals surface area contributed by atoms with Crippen molar-refractivity contribution >= 4 is 29.9 Å². The van der Waals surface area contributed by atoms with Crippen LogP contribution in [0.3, 0.4) is 0 Å². The number of halogens is 1. The van der Waals surface area contributed by atoms with Crippen LogP contribution >= 0.6 is 24.0 Å². The molecule has 0 bridgehead atoms. The molecule has 0 aliphatic rings. The van der Waals surface area contributed by atoms with Gasteiger partial charge in [0.05, 0.1) is 0 Å². The highest BCUT2D eigenvalue weighted by molar-refractivity contribution is 14.0. The summed E-state index contributed by atoms with van der Waals surface area (Å²) in [5.41, 5.74) is 0. The van der Waals surface area contributed by atoms with Crippen molar-refractivity contribution in [3.8, 4) is 0 Å². The van der Waals surface area contributed by atoms with Crippen LogP contribution in [0.15, 0.2) is 11.3 Å². The summed E-state index contributed by atoms with van der Waals surface area (Å²) < 4.78 is 7.00. The maximum atomic E-state index is 5.01. The Hall–Kier alpha value is -0.900. The first-order chi connectivity index (χ1) is 9.31. The minimum absolute atomic E-state index is 0. The third kappa shape index (κ3) is 7.04. The minimum atomic E-state index is 0. The number of rotatable bonds is 8. The van der Waals surface area contributed by atoms with Gasteiger partial charge in [0.1, 0.15) is 12.9 Å². The largest absolute Gasteiger partial charge is 0.385 e. The predicted octanol–water partition coefficient (Wildman–Crippen LogP) is 1.01. The zero-order chi connectivity index (χ0) is 13.9. The van der Waals surface area contributed by atoms with Crippen molar-refractivity contribution in [2.24, 2.45) is 4.99 Å². The summed E-state index contributed by atoms with van der Waals surface area (Å²) in [7, 11) is 1.71. The number of nitrogens with one attached hydrogen (secondary N) is 2. The quantitative estimate of drug-likeness (QED) is 0.297. The summed E-state index contributed by atoms with van der Waals surface area (Å²) in [6.07, 6.45) is 2.68. The molecule has 0 aliphatic heterocycles. The molecule has 20 heavy (non-hydrogen) atoms. The Morgan fingerprint density at radius 1 is 1.40 bits per heavy atom. The van der Waals surface area contributed by atoms with E-state index in [1.165, 1.54) is 0 Å². The molecule has 0 amide bonds. The summed E-state index contributed by atoms with van der Waals surface area (Å²) in [5.74, 6) is 1.67. The van der Waals surface area contributed by atoms with E-state index in [9.17, 15) is 0 Å². The Balaban J connectivity index is 0.00000361. The first-order valence-corrected chi connectivity index (χ1v) is 6.69. The molecule has 2 N–H and O–H groups in total. The van der Waals surface area contributed by atoms with Gasteiger partial charge in [-0.15, -0.1) is 34.2 Å². The lowest BCUT2D eigenvalue weighted by Gasteiger charge is -2.10. The summed E-state index contributed by atoms with van der Waals surface area (Å²) in [6.45, 7) is 7.89. The average Bonchev–Trinajstić information content (AvgIpc) is 2.88. The van der Waals surface area contributed by atoms with E-state index in [1.807, 2.05) is 11.5 Å². The van der Waals surface area contributed by atoms with E-state index in [4.69, 9.17) is 4.74 Å². The van der Waals surface area contributed by atoms with E-state index in [0.717, 1.165) is 44.4 Å². The lowest BCUT2D eigenvalue weighted by molar-refractivity contribution is 0.195. The molecule has 0 aliphatic carbocycles. The molecule has 0 radical (unpaired) electrons. The molecule has 0 atom stereocenters. The molecule has 0 spiro atoms. The normalized spacial score (nSPS) is 11.1. The van der Waals surface area contributed by atoms with Gasteiger partial charge < -0.3 is 19.9 Å². The van der Waals surface area contributed by atoms with Gasteiger partial charge in [0.25, 0.3) is 0 Å². The molecule has 1 rings (SSSR count). The summed E-state index contributed by atoms with van der Waals surface area (Å²) in [4.78, 5) is 4.49. The van der Waals surface area contributed by atoms with E-state index in [-0.39, 0.29) is 24.0 Å². The van der Waals surface area contributed by atoms with E-state index >= 15 is 0 Å². The van der Waals surface area contributed by atoms with E-state index in [2.05, 4.69) is 32.7 Å². The second-order valence-electron chi connectivity index (χ2n) is 4.00. The number of nitrogens with zero attached hydrogens (tertiary/aromatic N) is 4. The molecule has 1 aromatic heterocycles. The highest BCUT2D eigenvalue weighted by atomic mass is 127. The standard InChI is InChI=1S/C12H24N6O.HI/c1-4-13-12(14-7-6-8-19-3)15-9-11-17-16-10-18(11)5-2;/h10H,4-9H2,1-3H3,(H2,13,14,15);1H. The van der Waals surface area contributed by atoms with Gasteiger partial charge in [0.2, 0.25) is 0 Å². The van der Waals surface area contributed by atoms with Crippen LogP contribution in [0.25, 0.3) is 0 Å². The van der Waals surface area contributed by atoms with Gasteiger partial charge >= 0.3 is 0 Å². The monoisotopic (exact) mass is 396 g/mol. The minimum Gasteiger partial charge on any atom is -0.385 e. The number of hydrogen-bond donors (Lipinski definition) is 2. The van der Waals surface area contributed by atoms with Gasteiger partial charge in [0, 0.05) is 33.4 Å². The maximum Gasteiger partial charge on any atom is 0.191 e. The summed E-state index contributed by atoms with van der Waals surface area (Å²) in [6, 6.07) is 0. The van der Waals surface area contributed by atoms with E-state index < -0.39 is 0 Å². The number of aryl methyl sites for hydroxylation is 1. The molecule has 0 saturated heterocycles. The number of aromatic nitrogens is 3. The van der Waals surface area contributed by atoms with Crippen LogP contribution < -0.4 is 10.6 Å². The van der Waals surface area contributed by atoms with Crippen molar-refractivity contribution in [1.29, 1.82) is 0 Å². The predicted molar refractivity (Wildman–Crippen MR) is 90.4 cm³/mol. The van der Waals surface area contributed by atoms with Gasteiger partial charge in [-0.1, -0.05) is 0 Å². The highest BCUT2D eigenvalue weighted by Gasteiger charge is 2.02. The first-order valence-electron chi connectivity index (χ1n) is 6.69. The van der Waals surface area contributed by atoms with Crippen LogP contribution in [0.4, 0.5) is 0 Å². The molecule has 8 heteroatoms. The zero-order valence-electron chi connectivity index (χ0n) is 12.4. The van der Waals surface area contributed by atoms with Crippen molar-refractivity contribution in [3.63, 3.8) is 0 Å².